The number of halogens is 1. The Bertz CT molecular complexity index is 694. The molecule has 0 bridgehead atoms. The van der Waals surface area contributed by atoms with Crippen molar-refractivity contribution in [3.8, 4) is 0 Å². The molecule has 1 aromatic heterocycles. The number of carbonyl (C=O) groups excluding carboxylic acids is 1. The van der Waals surface area contributed by atoms with Gasteiger partial charge >= 0.3 is 0 Å². The van der Waals surface area contributed by atoms with E-state index in [2.05, 4.69) is 5.32 Å². The van der Waals surface area contributed by atoms with Crippen molar-refractivity contribution in [3.05, 3.63) is 57.7 Å². The number of nitrogens with one attached hydrogen (secondary N) is 1. The average Bonchev–Trinajstić information content (AvgIpc) is 2.75. The fraction of sp³-hybridized carbons (Fsp3) is 0.154. The van der Waals surface area contributed by atoms with Gasteiger partial charge in [0.15, 0.2) is 0 Å². The van der Waals surface area contributed by atoms with E-state index >= 15 is 0 Å². The first-order chi connectivity index (χ1) is 9.38. The Morgan fingerprint density at radius 2 is 2.10 bits per heavy atom. The first-order valence-corrected chi connectivity index (χ1v) is 5.76. The van der Waals surface area contributed by atoms with Crippen LogP contribution in [0.25, 0.3) is 0 Å². The maximum atomic E-state index is 13.0. The van der Waals surface area contributed by atoms with E-state index in [0.717, 1.165) is 0 Å². The number of anilines is 1. The van der Waals surface area contributed by atoms with Crippen molar-refractivity contribution in [1.82, 2.24) is 4.57 Å². The highest BCUT2D eigenvalue weighted by atomic mass is 19.1. The van der Waals surface area contributed by atoms with Gasteiger partial charge in [-0.2, -0.15) is 0 Å². The molecule has 0 unspecified atom stereocenters. The molecule has 0 aliphatic rings. The van der Waals surface area contributed by atoms with Gasteiger partial charge in [0.1, 0.15) is 11.5 Å². The maximum absolute atomic E-state index is 13.0. The Labute approximate surface area is 114 Å². The molecule has 6 nitrogen and oxygen atoms in total. The number of carbonyl (C=O) groups is 1. The second-order valence-corrected chi connectivity index (χ2v) is 4.36. The first-order valence-electron chi connectivity index (χ1n) is 5.76. The molecule has 0 saturated carbocycles. The molecule has 0 saturated heterocycles. The van der Waals surface area contributed by atoms with Crippen LogP contribution in [0.15, 0.2) is 30.5 Å². The fourth-order valence-corrected chi connectivity index (χ4v) is 1.83. The lowest BCUT2D eigenvalue weighted by atomic mass is 10.2. The highest BCUT2D eigenvalue weighted by Gasteiger charge is 2.18. The van der Waals surface area contributed by atoms with Gasteiger partial charge in [-0.25, -0.2) is 4.39 Å². The number of aryl methyl sites for hydroxylation is 2. The van der Waals surface area contributed by atoms with Crippen LogP contribution < -0.4 is 5.32 Å². The number of nitrogens with zero attached hydrogens (tertiary/aromatic N) is 2. The lowest BCUT2D eigenvalue weighted by molar-refractivity contribution is -0.384. The molecule has 0 aliphatic carbocycles. The Hall–Kier alpha value is -2.70. The minimum atomic E-state index is -0.570. The monoisotopic (exact) mass is 277 g/mol. The molecule has 0 atom stereocenters. The normalized spacial score (nSPS) is 10.3. The Kier molecular flexibility index (Phi) is 3.51. The van der Waals surface area contributed by atoms with E-state index < -0.39 is 16.6 Å². The van der Waals surface area contributed by atoms with Crippen molar-refractivity contribution in [1.29, 1.82) is 0 Å². The van der Waals surface area contributed by atoms with Crippen LogP contribution in [-0.4, -0.2) is 15.4 Å². The molecule has 1 amide bonds. The SMILES string of the molecule is Cc1cc(F)ccc1NC(=O)c1cc([N+](=O)[O-])cn1C. The molecule has 1 heterocycles. The summed E-state index contributed by atoms with van der Waals surface area (Å²) in [4.78, 5) is 22.1. The van der Waals surface area contributed by atoms with E-state index in [0.29, 0.717) is 11.3 Å². The zero-order valence-corrected chi connectivity index (χ0v) is 10.9. The summed E-state index contributed by atoms with van der Waals surface area (Å²) in [6, 6.07) is 5.16. The quantitative estimate of drug-likeness (QED) is 0.692. The van der Waals surface area contributed by atoms with Crippen molar-refractivity contribution in [2.45, 2.75) is 6.92 Å². The van der Waals surface area contributed by atoms with Gasteiger partial charge in [-0.3, -0.25) is 14.9 Å². The molecule has 0 fully saturated rings. The molecule has 7 heteroatoms. The van der Waals surface area contributed by atoms with Gasteiger partial charge in [0, 0.05) is 18.8 Å². The summed E-state index contributed by atoms with van der Waals surface area (Å²) in [6.07, 6.45) is 1.26. The van der Waals surface area contributed by atoms with E-state index in [1.807, 2.05) is 0 Å². The number of amides is 1. The smallest absolute Gasteiger partial charge is 0.287 e. The first kappa shape index (κ1) is 13.7. The highest BCUT2D eigenvalue weighted by Crippen LogP contribution is 2.19. The standard InChI is InChI=1S/C13H12FN3O3/c1-8-5-9(14)3-4-11(8)15-13(18)12-6-10(17(19)20)7-16(12)2/h3-7H,1-2H3,(H,15,18). The van der Waals surface area contributed by atoms with Gasteiger partial charge in [0.2, 0.25) is 0 Å². The molecule has 0 aliphatic heterocycles. The number of hydrogen-bond donors (Lipinski definition) is 1. The third-order valence-electron chi connectivity index (χ3n) is 2.87. The number of hydrogen-bond acceptors (Lipinski definition) is 3. The Balaban J connectivity index is 2.26. The van der Waals surface area contributed by atoms with Crippen LogP contribution >= 0.6 is 0 Å². The minimum absolute atomic E-state index is 0.153. The van der Waals surface area contributed by atoms with Gasteiger partial charge in [-0.1, -0.05) is 0 Å². The molecule has 2 aromatic rings. The molecule has 0 radical (unpaired) electrons. The molecular formula is C13H12FN3O3. The summed E-state index contributed by atoms with van der Waals surface area (Å²) in [5.41, 5.74) is 1.02. The summed E-state index contributed by atoms with van der Waals surface area (Å²) >= 11 is 0. The topological polar surface area (TPSA) is 77.2 Å². The zero-order chi connectivity index (χ0) is 14.9. The van der Waals surface area contributed by atoms with Gasteiger partial charge < -0.3 is 9.88 Å². The van der Waals surface area contributed by atoms with Crippen LogP contribution in [0.3, 0.4) is 0 Å². The predicted molar refractivity (Wildman–Crippen MR) is 71.2 cm³/mol. The zero-order valence-electron chi connectivity index (χ0n) is 10.9. The maximum Gasteiger partial charge on any atom is 0.287 e. The third kappa shape index (κ3) is 2.66. The second kappa shape index (κ2) is 5.12. The molecule has 104 valence electrons. The summed E-state index contributed by atoms with van der Waals surface area (Å²) in [5.74, 6) is -0.884. The van der Waals surface area contributed by atoms with Crippen LogP contribution in [-0.2, 0) is 7.05 Å². The second-order valence-electron chi connectivity index (χ2n) is 4.36. The van der Waals surface area contributed by atoms with Gasteiger partial charge in [0.05, 0.1) is 11.1 Å². The number of aromatic nitrogens is 1. The van der Waals surface area contributed by atoms with E-state index in [4.69, 9.17) is 0 Å². The van der Waals surface area contributed by atoms with Crippen molar-refractivity contribution in [3.63, 3.8) is 0 Å². The Morgan fingerprint density at radius 3 is 2.65 bits per heavy atom. The molecule has 1 aromatic carbocycles. The van der Waals surface area contributed by atoms with E-state index in [-0.39, 0.29) is 11.4 Å². The van der Waals surface area contributed by atoms with Crippen molar-refractivity contribution >= 4 is 17.3 Å². The third-order valence-corrected chi connectivity index (χ3v) is 2.87. The predicted octanol–water partition coefficient (Wildman–Crippen LogP) is 2.63. The fourth-order valence-electron chi connectivity index (χ4n) is 1.83. The van der Waals surface area contributed by atoms with Gasteiger partial charge in [-0.05, 0) is 30.7 Å². The number of nitro groups is 1. The molecule has 2 rings (SSSR count). The molecule has 1 N–H and O–H groups in total. The average molecular weight is 277 g/mol. The van der Waals surface area contributed by atoms with E-state index in [1.54, 1.807) is 14.0 Å². The largest absolute Gasteiger partial charge is 0.340 e. The van der Waals surface area contributed by atoms with Crippen molar-refractivity contribution < 1.29 is 14.1 Å². The van der Waals surface area contributed by atoms with E-state index in [9.17, 15) is 19.3 Å². The minimum Gasteiger partial charge on any atom is -0.340 e. The van der Waals surface area contributed by atoms with Crippen LogP contribution in [0, 0.1) is 22.9 Å². The van der Waals surface area contributed by atoms with Crippen LogP contribution in [0.5, 0.6) is 0 Å². The summed E-state index contributed by atoms with van der Waals surface area (Å²) in [5, 5.41) is 13.3. The van der Waals surface area contributed by atoms with Gasteiger partial charge in [-0.15, -0.1) is 0 Å². The van der Waals surface area contributed by atoms with Crippen LogP contribution in [0.1, 0.15) is 16.1 Å². The molecular weight excluding hydrogens is 265 g/mol. The Morgan fingerprint density at radius 1 is 1.40 bits per heavy atom. The lowest BCUT2D eigenvalue weighted by Gasteiger charge is -2.08. The van der Waals surface area contributed by atoms with E-state index in [1.165, 1.54) is 35.0 Å². The molecule has 0 spiro atoms. The molecule has 20 heavy (non-hydrogen) atoms. The van der Waals surface area contributed by atoms with Crippen molar-refractivity contribution in [2.75, 3.05) is 5.32 Å². The summed E-state index contributed by atoms with van der Waals surface area (Å²) in [6.45, 7) is 1.66. The lowest BCUT2D eigenvalue weighted by Crippen LogP contribution is -2.16. The van der Waals surface area contributed by atoms with Crippen LogP contribution in [0.2, 0.25) is 0 Å². The highest BCUT2D eigenvalue weighted by molar-refractivity contribution is 6.04. The van der Waals surface area contributed by atoms with Crippen molar-refractivity contribution in [2.24, 2.45) is 7.05 Å². The van der Waals surface area contributed by atoms with Gasteiger partial charge in [0.25, 0.3) is 11.6 Å². The number of rotatable bonds is 3. The summed E-state index contributed by atoms with van der Waals surface area (Å²) in [7, 11) is 1.54. The summed E-state index contributed by atoms with van der Waals surface area (Å²) < 4.78 is 14.3. The number of benzene rings is 1. The van der Waals surface area contributed by atoms with Crippen LogP contribution in [0.4, 0.5) is 15.8 Å².